The van der Waals surface area contributed by atoms with Crippen LogP contribution in [0.5, 0.6) is 0 Å². The van der Waals surface area contributed by atoms with E-state index in [0.717, 1.165) is 0 Å². The van der Waals surface area contributed by atoms with Crippen molar-refractivity contribution < 1.29 is 8.42 Å². The fourth-order valence-corrected chi connectivity index (χ4v) is 3.80. The van der Waals surface area contributed by atoms with Gasteiger partial charge in [0.25, 0.3) is 0 Å². The summed E-state index contributed by atoms with van der Waals surface area (Å²) in [5.74, 6) is 0. The summed E-state index contributed by atoms with van der Waals surface area (Å²) in [5.41, 5.74) is 0. The lowest BCUT2D eigenvalue weighted by Crippen LogP contribution is -2.28. The van der Waals surface area contributed by atoms with Crippen LogP contribution >= 0.6 is 31.9 Å². The fourth-order valence-electron chi connectivity index (χ4n) is 1.17. The number of benzene rings is 1. The Morgan fingerprint density at radius 3 is 2.65 bits per heavy atom. The second kappa shape index (κ2) is 5.96. The topological polar surface area (TPSA) is 61.2 Å². The normalized spacial score (nSPS) is 11.5. The molecule has 7 heteroatoms. The molecule has 0 aromatic heterocycles. The Labute approximate surface area is 118 Å². The van der Waals surface area contributed by atoms with Gasteiger partial charge in [0.2, 0.25) is 10.0 Å². The van der Waals surface area contributed by atoms with Crippen molar-refractivity contribution in [3.05, 3.63) is 27.1 Å². The summed E-state index contributed by atoms with van der Waals surface area (Å²) in [4.78, 5) is 0.187. The van der Waals surface area contributed by atoms with Gasteiger partial charge in [-0.15, -0.1) is 0 Å². The van der Waals surface area contributed by atoms with Gasteiger partial charge in [0.15, 0.2) is 0 Å². The van der Waals surface area contributed by atoms with E-state index in [1.165, 1.54) is 17.4 Å². The SMILES string of the molecule is CN(CCC#N)S(=O)(=O)c1cc(Br)ccc1Br. The van der Waals surface area contributed by atoms with Crippen molar-refractivity contribution in [2.45, 2.75) is 11.3 Å². The summed E-state index contributed by atoms with van der Waals surface area (Å²) < 4.78 is 26.7. The van der Waals surface area contributed by atoms with Crippen LogP contribution in [0.3, 0.4) is 0 Å². The molecule has 0 aliphatic rings. The van der Waals surface area contributed by atoms with Gasteiger partial charge in [-0.05, 0) is 34.1 Å². The maximum absolute atomic E-state index is 12.2. The van der Waals surface area contributed by atoms with E-state index in [1.807, 2.05) is 6.07 Å². The fraction of sp³-hybridized carbons (Fsp3) is 0.300. The molecule has 0 bridgehead atoms. The van der Waals surface area contributed by atoms with Crippen molar-refractivity contribution in [3.63, 3.8) is 0 Å². The van der Waals surface area contributed by atoms with Crippen LogP contribution in [0, 0.1) is 11.3 Å². The predicted octanol–water partition coefficient (Wildman–Crippen LogP) is 2.75. The van der Waals surface area contributed by atoms with Crippen molar-refractivity contribution in [2.24, 2.45) is 0 Å². The van der Waals surface area contributed by atoms with Crippen LogP contribution in [-0.4, -0.2) is 26.3 Å². The Balaban J connectivity index is 3.13. The van der Waals surface area contributed by atoms with E-state index < -0.39 is 10.0 Å². The summed E-state index contributed by atoms with van der Waals surface area (Å²) in [5, 5.41) is 8.46. The monoisotopic (exact) mass is 380 g/mol. The van der Waals surface area contributed by atoms with Crippen molar-refractivity contribution in [2.75, 3.05) is 13.6 Å². The Morgan fingerprint density at radius 2 is 2.06 bits per heavy atom. The standard InChI is InChI=1S/C10H10Br2N2O2S/c1-14(6-2-5-13)17(15,16)10-7-8(11)3-4-9(10)12/h3-4,7H,2,6H2,1H3. The zero-order valence-electron chi connectivity index (χ0n) is 9.02. The third kappa shape index (κ3) is 3.52. The third-order valence-electron chi connectivity index (χ3n) is 2.12. The minimum Gasteiger partial charge on any atom is -0.207 e. The molecular formula is C10H10Br2N2O2S. The average molecular weight is 382 g/mol. The lowest BCUT2D eigenvalue weighted by molar-refractivity contribution is 0.476. The number of nitrogens with zero attached hydrogens (tertiary/aromatic N) is 2. The quantitative estimate of drug-likeness (QED) is 0.805. The summed E-state index contributed by atoms with van der Waals surface area (Å²) >= 11 is 6.45. The molecule has 0 saturated heterocycles. The van der Waals surface area contributed by atoms with Gasteiger partial charge in [0.05, 0.1) is 11.0 Å². The summed E-state index contributed by atoms with van der Waals surface area (Å²) in [6, 6.07) is 6.86. The first kappa shape index (κ1) is 14.6. The van der Waals surface area contributed by atoms with Crippen LogP contribution in [0.1, 0.15) is 6.42 Å². The van der Waals surface area contributed by atoms with E-state index >= 15 is 0 Å². The van der Waals surface area contributed by atoms with Crippen LogP contribution in [0.2, 0.25) is 0 Å². The van der Waals surface area contributed by atoms with Gasteiger partial charge in [-0.25, -0.2) is 8.42 Å². The second-order valence-corrected chi connectivity index (χ2v) is 7.09. The van der Waals surface area contributed by atoms with Gasteiger partial charge in [0, 0.05) is 29.0 Å². The van der Waals surface area contributed by atoms with Gasteiger partial charge in [-0.2, -0.15) is 9.57 Å². The highest BCUT2D eigenvalue weighted by Crippen LogP contribution is 2.27. The maximum atomic E-state index is 12.2. The third-order valence-corrected chi connectivity index (χ3v) is 5.46. The molecule has 4 nitrogen and oxygen atoms in total. The molecule has 0 aliphatic heterocycles. The Bertz CT molecular complexity index is 552. The molecule has 0 atom stereocenters. The van der Waals surface area contributed by atoms with Gasteiger partial charge >= 0.3 is 0 Å². The number of sulfonamides is 1. The van der Waals surface area contributed by atoms with Gasteiger partial charge < -0.3 is 0 Å². The van der Waals surface area contributed by atoms with Gasteiger partial charge in [0.1, 0.15) is 0 Å². The minimum atomic E-state index is -3.56. The number of halogens is 2. The smallest absolute Gasteiger partial charge is 0.207 e. The number of hydrogen-bond donors (Lipinski definition) is 0. The van der Waals surface area contributed by atoms with E-state index in [4.69, 9.17) is 5.26 Å². The predicted molar refractivity (Wildman–Crippen MR) is 71.9 cm³/mol. The zero-order valence-corrected chi connectivity index (χ0v) is 13.0. The largest absolute Gasteiger partial charge is 0.244 e. The van der Waals surface area contributed by atoms with Crippen molar-refractivity contribution in [1.82, 2.24) is 4.31 Å². The highest BCUT2D eigenvalue weighted by atomic mass is 79.9. The number of hydrogen-bond acceptors (Lipinski definition) is 3. The first-order valence-corrected chi connectivity index (χ1v) is 7.70. The Kier molecular flexibility index (Phi) is 5.13. The molecule has 0 aliphatic carbocycles. The average Bonchev–Trinajstić information content (AvgIpc) is 2.28. The molecule has 0 saturated carbocycles. The molecule has 0 spiro atoms. The highest BCUT2D eigenvalue weighted by molar-refractivity contribution is 9.11. The van der Waals surface area contributed by atoms with Crippen LogP contribution in [0.4, 0.5) is 0 Å². The summed E-state index contributed by atoms with van der Waals surface area (Å²) in [6.45, 7) is 0.178. The van der Waals surface area contributed by atoms with Crippen LogP contribution in [0.25, 0.3) is 0 Å². The molecule has 1 aromatic carbocycles. The van der Waals surface area contributed by atoms with Crippen LogP contribution in [-0.2, 0) is 10.0 Å². The first-order valence-electron chi connectivity index (χ1n) is 4.68. The van der Waals surface area contributed by atoms with Gasteiger partial charge in [-0.3, -0.25) is 0 Å². The zero-order chi connectivity index (χ0) is 13.1. The van der Waals surface area contributed by atoms with E-state index in [9.17, 15) is 8.42 Å². The highest BCUT2D eigenvalue weighted by Gasteiger charge is 2.23. The lowest BCUT2D eigenvalue weighted by atomic mass is 10.4. The van der Waals surface area contributed by atoms with E-state index in [-0.39, 0.29) is 17.9 Å². The van der Waals surface area contributed by atoms with Crippen molar-refractivity contribution in [1.29, 1.82) is 5.26 Å². The van der Waals surface area contributed by atoms with E-state index in [0.29, 0.717) is 8.95 Å². The molecule has 92 valence electrons. The maximum Gasteiger partial charge on any atom is 0.244 e. The molecule has 17 heavy (non-hydrogen) atoms. The van der Waals surface area contributed by atoms with Crippen molar-refractivity contribution >= 4 is 41.9 Å². The molecule has 0 radical (unpaired) electrons. The molecule has 0 heterocycles. The summed E-state index contributed by atoms with van der Waals surface area (Å²) in [6.07, 6.45) is 0.168. The van der Waals surface area contributed by atoms with Crippen LogP contribution in [0.15, 0.2) is 32.0 Å². The first-order chi connectivity index (χ1) is 7.89. The second-order valence-electron chi connectivity index (χ2n) is 3.31. The number of nitriles is 1. The molecule has 1 rings (SSSR count). The molecule has 0 amide bonds. The lowest BCUT2D eigenvalue weighted by Gasteiger charge is -2.16. The Hall–Kier alpha value is -0.420. The molecule has 1 aromatic rings. The molecule has 0 N–H and O–H groups in total. The molecule has 0 unspecified atom stereocenters. The van der Waals surface area contributed by atoms with Crippen LogP contribution < -0.4 is 0 Å². The number of rotatable bonds is 4. The Morgan fingerprint density at radius 1 is 1.41 bits per heavy atom. The van der Waals surface area contributed by atoms with E-state index in [2.05, 4.69) is 31.9 Å². The summed E-state index contributed by atoms with van der Waals surface area (Å²) in [7, 11) is -2.10. The van der Waals surface area contributed by atoms with E-state index in [1.54, 1.807) is 12.1 Å². The molecule has 0 fully saturated rings. The van der Waals surface area contributed by atoms with Gasteiger partial charge in [-0.1, -0.05) is 15.9 Å². The minimum absolute atomic E-state index is 0.168. The van der Waals surface area contributed by atoms with Crippen molar-refractivity contribution in [3.8, 4) is 6.07 Å². The molecular weight excluding hydrogens is 372 g/mol.